The number of nitrogens with one attached hydrogen (secondary N) is 1. The quantitative estimate of drug-likeness (QED) is 0.853. The van der Waals surface area contributed by atoms with Gasteiger partial charge in [-0.1, -0.05) is 23.7 Å². The van der Waals surface area contributed by atoms with Crippen molar-refractivity contribution in [3.05, 3.63) is 58.4 Å². The highest BCUT2D eigenvalue weighted by Gasteiger charge is 2.10. The summed E-state index contributed by atoms with van der Waals surface area (Å²) < 4.78 is 18.5. The first-order valence-corrected chi connectivity index (χ1v) is 7.22. The van der Waals surface area contributed by atoms with Gasteiger partial charge in [-0.2, -0.15) is 0 Å². The van der Waals surface area contributed by atoms with Gasteiger partial charge in [0.15, 0.2) is 0 Å². The molecule has 2 rings (SSSR count). The minimum Gasteiger partial charge on any atom is -0.495 e. The summed E-state index contributed by atoms with van der Waals surface area (Å²) in [5.74, 6) is 0.497. The Morgan fingerprint density at radius 2 is 2.05 bits per heavy atom. The highest BCUT2D eigenvalue weighted by molar-refractivity contribution is 6.31. The van der Waals surface area contributed by atoms with E-state index in [0.29, 0.717) is 10.8 Å². The van der Waals surface area contributed by atoms with E-state index in [-0.39, 0.29) is 11.9 Å². The second kappa shape index (κ2) is 6.81. The van der Waals surface area contributed by atoms with Gasteiger partial charge in [-0.3, -0.25) is 0 Å². The number of hydrogen-bond acceptors (Lipinski definition) is 2. The molecule has 0 aliphatic rings. The van der Waals surface area contributed by atoms with Crippen LogP contribution in [0.15, 0.2) is 36.4 Å². The van der Waals surface area contributed by atoms with Gasteiger partial charge in [-0.25, -0.2) is 4.39 Å². The first kappa shape index (κ1) is 15.6. The molecule has 1 unspecified atom stereocenters. The maximum Gasteiger partial charge on any atom is 0.143 e. The second-order valence-corrected chi connectivity index (χ2v) is 5.59. The number of methoxy groups -OCH3 is 1. The Morgan fingerprint density at radius 1 is 1.29 bits per heavy atom. The van der Waals surface area contributed by atoms with Gasteiger partial charge >= 0.3 is 0 Å². The molecule has 0 radical (unpaired) electrons. The third-order valence-corrected chi connectivity index (χ3v) is 3.72. The molecule has 0 aromatic heterocycles. The van der Waals surface area contributed by atoms with E-state index >= 15 is 0 Å². The highest BCUT2D eigenvalue weighted by Crippen LogP contribution is 2.31. The van der Waals surface area contributed by atoms with Gasteiger partial charge in [0.2, 0.25) is 0 Å². The van der Waals surface area contributed by atoms with Crippen LogP contribution < -0.4 is 10.1 Å². The molecule has 0 bridgehead atoms. The lowest BCUT2D eigenvalue weighted by Crippen LogP contribution is -2.18. The Morgan fingerprint density at radius 3 is 2.71 bits per heavy atom. The third kappa shape index (κ3) is 4.11. The molecule has 0 fully saturated rings. The Bertz CT molecular complexity index is 630. The summed E-state index contributed by atoms with van der Waals surface area (Å²) in [6.07, 6.45) is 0.725. The van der Waals surface area contributed by atoms with E-state index in [4.69, 9.17) is 16.3 Å². The zero-order valence-electron chi connectivity index (χ0n) is 12.4. The van der Waals surface area contributed by atoms with Gasteiger partial charge in [-0.05, 0) is 49.6 Å². The zero-order valence-corrected chi connectivity index (χ0v) is 13.2. The molecule has 2 nitrogen and oxygen atoms in total. The van der Waals surface area contributed by atoms with Gasteiger partial charge in [0.1, 0.15) is 11.6 Å². The standard InChI is InChI=1S/C17H19ClFNO/c1-11-7-16(17(21-3)10-15(11)18)20-12(2)8-13-5-4-6-14(19)9-13/h4-7,9-10,12,20H,8H2,1-3H3. The first-order chi connectivity index (χ1) is 9.99. The normalized spacial score (nSPS) is 12.0. The van der Waals surface area contributed by atoms with E-state index < -0.39 is 0 Å². The van der Waals surface area contributed by atoms with Crippen molar-refractivity contribution in [2.24, 2.45) is 0 Å². The first-order valence-electron chi connectivity index (χ1n) is 6.84. The summed E-state index contributed by atoms with van der Waals surface area (Å²) in [6.45, 7) is 4.00. The van der Waals surface area contributed by atoms with Crippen molar-refractivity contribution in [2.45, 2.75) is 26.3 Å². The maximum absolute atomic E-state index is 13.2. The van der Waals surface area contributed by atoms with Crippen LogP contribution in [-0.2, 0) is 6.42 Å². The summed E-state index contributed by atoms with van der Waals surface area (Å²) in [5.41, 5.74) is 2.83. The van der Waals surface area contributed by atoms with E-state index in [0.717, 1.165) is 23.2 Å². The van der Waals surface area contributed by atoms with E-state index in [9.17, 15) is 4.39 Å². The van der Waals surface area contributed by atoms with Crippen LogP contribution in [0.1, 0.15) is 18.1 Å². The molecular formula is C17H19ClFNO. The summed E-state index contributed by atoms with van der Waals surface area (Å²) in [7, 11) is 1.61. The average molecular weight is 308 g/mol. The van der Waals surface area contributed by atoms with Gasteiger partial charge < -0.3 is 10.1 Å². The van der Waals surface area contributed by atoms with Gasteiger partial charge in [0.25, 0.3) is 0 Å². The van der Waals surface area contributed by atoms with Crippen molar-refractivity contribution in [3.63, 3.8) is 0 Å². The van der Waals surface area contributed by atoms with Crippen LogP contribution in [-0.4, -0.2) is 13.2 Å². The fraction of sp³-hybridized carbons (Fsp3) is 0.294. The smallest absolute Gasteiger partial charge is 0.143 e. The van der Waals surface area contributed by atoms with E-state index in [1.54, 1.807) is 25.3 Å². The van der Waals surface area contributed by atoms with Crippen molar-refractivity contribution in [1.29, 1.82) is 0 Å². The fourth-order valence-corrected chi connectivity index (χ4v) is 2.43. The molecular weight excluding hydrogens is 289 g/mol. The van der Waals surface area contributed by atoms with Crippen molar-refractivity contribution < 1.29 is 9.13 Å². The highest BCUT2D eigenvalue weighted by atomic mass is 35.5. The average Bonchev–Trinajstić information content (AvgIpc) is 2.42. The molecule has 2 aromatic carbocycles. The Kier molecular flexibility index (Phi) is 5.07. The zero-order chi connectivity index (χ0) is 15.4. The van der Waals surface area contributed by atoms with Crippen LogP contribution >= 0.6 is 11.6 Å². The predicted molar refractivity (Wildman–Crippen MR) is 85.9 cm³/mol. The summed E-state index contributed by atoms with van der Waals surface area (Å²) in [4.78, 5) is 0. The number of hydrogen-bond donors (Lipinski definition) is 1. The van der Waals surface area contributed by atoms with Crippen molar-refractivity contribution in [3.8, 4) is 5.75 Å². The number of aryl methyl sites for hydroxylation is 1. The Balaban J connectivity index is 2.12. The molecule has 4 heteroatoms. The lowest BCUT2D eigenvalue weighted by molar-refractivity contribution is 0.416. The van der Waals surface area contributed by atoms with Crippen molar-refractivity contribution in [2.75, 3.05) is 12.4 Å². The SMILES string of the molecule is COc1cc(Cl)c(C)cc1NC(C)Cc1cccc(F)c1. The van der Waals surface area contributed by atoms with Crippen LogP contribution in [0.3, 0.4) is 0 Å². The van der Waals surface area contributed by atoms with Crippen molar-refractivity contribution in [1.82, 2.24) is 0 Å². The molecule has 2 aromatic rings. The van der Waals surface area contributed by atoms with Crippen LogP contribution in [0.25, 0.3) is 0 Å². The number of ether oxygens (including phenoxy) is 1. The monoisotopic (exact) mass is 307 g/mol. The summed E-state index contributed by atoms with van der Waals surface area (Å²) in [5, 5.41) is 4.07. The molecule has 0 saturated heterocycles. The number of rotatable bonds is 5. The number of halogens is 2. The minimum absolute atomic E-state index is 0.140. The Labute approximate surface area is 129 Å². The molecule has 1 atom stereocenters. The second-order valence-electron chi connectivity index (χ2n) is 5.18. The molecule has 0 saturated carbocycles. The van der Waals surface area contributed by atoms with Crippen LogP contribution in [0.2, 0.25) is 5.02 Å². The largest absolute Gasteiger partial charge is 0.495 e. The fourth-order valence-electron chi connectivity index (χ4n) is 2.28. The molecule has 1 N–H and O–H groups in total. The summed E-state index contributed by atoms with van der Waals surface area (Å²) >= 11 is 6.10. The molecule has 0 amide bonds. The minimum atomic E-state index is -0.209. The van der Waals surface area contributed by atoms with Gasteiger partial charge in [-0.15, -0.1) is 0 Å². The Hall–Kier alpha value is -1.74. The molecule has 0 aliphatic heterocycles. The molecule has 0 heterocycles. The van der Waals surface area contributed by atoms with E-state index in [1.807, 2.05) is 26.0 Å². The number of benzene rings is 2. The molecule has 0 spiro atoms. The summed E-state index contributed by atoms with van der Waals surface area (Å²) in [6, 6.07) is 10.6. The topological polar surface area (TPSA) is 21.3 Å². The lowest BCUT2D eigenvalue weighted by Gasteiger charge is -2.18. The number of anilines is 1. The molecule has 0 aliphatic carbocycles. The van der Waals surface area contributed by atoms with E-state index in [2.05, 4.69) is 5.32 Å². The predicted octanol–water partition coefficient (Wildman–Crippen LogP) is 4.84. The van der Waals surface area contributed by atoms with Crippen LogP contribution in [0.4, 0.5) is 10.1 Å². The molecule has 112 valence electrons. The van der Waals surface area contributed by atoms with Gasteiger partial charge in [0.05, 0.1) is 12.8 Å². The molecule has 21 heavy (non-hydrogen) atoms. The van der Waals surface area contributed by atoms with Crippen LogP contribution in [0.5, 0.6) is 5.75 Å². The van der Waals surface area contributed by atoms with Crippen LogP contribution in [0, 0.1) is 12.7 Å². The van der Waals surface area contributed by atoms with E-state index in [1.165, 1.54) is 6.07 Å². The third-order valence-electron chi connectivity index (χ3n) is 3.31. The van der Waals surface area contributed by atoms with Crippen molar-refractivity contribution >= 4 is 17.3 Å². The van der Waals surface area contributed by atoms with Gasteiger partial charge in [0, 0.05) is 17.1 Å². The lowest BCUT2D eigenvalue weighted by atomic mass is 10.1. The maximum atomic E-state index is 13.2.